The van der Waals surface area contributed by atoms with E-state index >= 15 is 0 Å². The van der Waals surface area contributed by atoms with Gasteiger partial charge in [0.2, 0.25) is 0 Å². The molecule has 0 amide bonds. The lowest BCUT2D eigenvalue weighted by atomic mass is 10.3. The van der Waals surface area contributed by atoms with Crippen molar-refractivity contribution in [1.82, 2.24) is 0 Å². The molecule has 1 N–H and O–H groups in total. The average molecular weight is 206 g/mol. The normalized spacial score (nSPS) is 28.4. The highest BCUT2D eigenvalue weighted by Crippen LogP contribution is 2.19. The average Bonchev–Trinajstić information content (AvgIpc) is 2.15. The summed E-state index contributed by atoms with van der Waals surface area (Å²) in [6, 6.07) is 0. The van der Waals surface area contributed by atoms with Crippen molar-refractivity contribution in [3.05, 3.63) is 0 Å². The summed E-state index contributed by atoms with van der Waals surface area (Å²) in [7, 11) is 0. The van der Waals surface area contributed by atoms with Crippen molar-refractivity contribution in [2.45, 2.75) is 37.7 Å². The molecule has 3 unspecified atom stereocenters. The Balaban J connectivity index is 2.10. The highest BCUT2D eigenvalue weighted by Gasteiger charge is 2.17. The predicted molar refractivity (Wildman–Crippen MR) is 53.9 cm³/mol. The van der Waals surface area contributed by atoms with Gasteiger partial charge < -0.3 is 14.6 Å². The fraction of sp³-hybridized carbons (Fsp3) is 1.00. The van der Waals surface area contributed by atoms with E-state index < -0.39 is 0 Å². The fourth-order valence-electron chi connectivity index (χ4n) is 1.03. The monoisotopic (exact) mass is 206 g/mol. The lowest BCUT2D eigenvalue weighted by Gasteiger charge is -2.24. The minimum absolute atomic E-state index is 0.246. The Hall–Kier alpha value is 0.230. The summed E-state index contributed by atoms with van der Waals surface area (Å²) in [6.07, 6.45) is 1.03. The van der Waals surface area contributed by atoms with Crippen LogP contribution < -0.4 is 0 Å². The minimum Gasteiger partial charge on any atom is -0.392 e. The van der Waals surface area contributed by atoms with E-state index in [0.29, 0.717) is 12.9 Å². The second-order valence-electron chi connectivity index (χ2n) is 3.38. The van der Waals surface area contributed by atoms with E-state index in [1.165, 1.54) is 0 Å². The van der Waals surface area contributed by atoms with Crippen LogP contribution in [-0.4, -0.2) is 41.7 Å². The van der Waals surface area contributed by atoms with E-state index in [4.69, 9.17) is 9.47 Å². The van der Waals surface area contributed by atoms with Gasteiger partial charge in [-0.05, 0) is 13.3 Å². The molecule has 1 rings (SSSR count). The van der Waals surface area contributed by atoms with Crippen LogP contribution in [0.5, 0.6) is 0 Å². The van der Waals surface area contributed by atoms with Crippen molar-refractivity contribution >= 4 is 11.8 Å². The van der Waals surface area contributed by atoms with Crippen molar-refractivity contribution < 1.29 is 14.6 Å². The molecular weight excluding hydrogens is 188 g/mol. The Labute approximate surface area is 83.8 Å². The Bertz CT molecular complexity index is 135. The molecule has 1 aliphatic rings. The van der Waals surface area contributed by atoms with E-state index in [-0.39, 0.29) is 11.4 Å². The lowest BCUT2D eigenvalue weighted by molar-refractivity contribution is -0.130. The predicted octanol–water partition coefficient (Wildman–Crippen LogP) is 1.25. The maximum atomic E-state index is 9.26. The van der Waals surface area contributed by atoms with Gasteiger partial charge >= 0.3 is 0 Å². The van der Waals surface area contributed by atoms with Gasteiger partial charge in [-0.15, -0.1) is 0 Å². The first-order valence-electron chi connectivity index (χ1n) is 4.69. The molecule has 0 spiro atoms. The summed E-state index contributed by atoms with van der Waals surface area (Å²) < 4.78 is 10.5. The second-order valence-corrected chi connectivity index (χ2v) is 4.79. The largest absolute Gasteiger partial charge is 0.392 e. The number of hydrogen-bond donors (Lipinski definition) is 1. The number of rotatable bonds is 4. The smallest absolute Gasteiger partial charge is 0.147 e. The van der Waals surface area contributed by atoms with Crippen LogP contribution in [0.3, 0.4) is 0 Å². The number of hydrogen-bond acceptors (Lipinski definition) is 4. The maximum Gasteiger partial charge on any atom is 0.147 e. The van der Waals surface area contributed by atoms with Crippen LogP contribution >= 0.6 is 11.8 Å². The molecule has 0 bridgehead atoms. The van der Waals surface area contributed by atoms with Crippen molar-refractivity contribution in [1.29, 1.82) is 0 Å². The van der Waals surface area contributed by atoms with Crippen LogP contribution in [0.2, 0.25) is 0 Å². The van der Waals surface area contributed by atoms with Gasteiger partial charge in [0.15, 0.2) is 0 Å². The first kappa shape index (κ1) is 11.3. The quantitative estimate of drug-likeness (QED) is 0.751. The number of aliphatic hydroxyl groups excluding tert-OH is 1. The molecule has 0 aromatic rings. The van der Waals surface area contributed by atoms with Crippen LogP contribution in [0.1, 0.15) is 20.3 Å². The summed E-state index contributed by atoms with van der Waals surface area (Å²) in [5.41, 5.74) is 0. The van der Waals surface area contributed by atoms with Gasteiger partial charge in [0, 0.05) is 11.0 Å². The first-order chi connectivity index (χ1) is 6.20. The molecule has 0 saturated carbocycles. The van der Waals surface area contributed by atoms with E-state index in [0.717, 1.165) is 18.8 Å². The van der Waals surface area contributed by atoms with Crippen LogP contribution in [0.15, 0.2) is 0 Å². The summed E-state index contributed by atoms with van der Waals surface area (Å²) in [5.74, 6) is 0.954. The topological polar surface area (TPSA) is 38.7 Å². The molecule has 78 valence electrons. The summed E-state index contributed by atoms with van der Waals surface area (Å²) >= 11 is 1.76. The molecule has 1 saturated heterocycles. The van der Waals surface area contributed by atoms with Crippen molar-refractivity contribution in [2.75, 3.05) is 19.2 Å². The highest BCUT2D eigenvalue weighted by molar-refractivity contribution is 7.99. The molecule has 13 heavy (non-hydrogen) atoms. The van der Waals surface area contributed by atoms with E-state index in [1.54, 1.807) is 11.8 Å². The van der Waals surface area contributed by atoms with E-state index in [9.17, 15) is 5.11 Å². The van der Waals surface area contributed by atoms with Crippen LogP contribution in [0.4, 0.5) is 0 Å². The third-order valence-corrected chi connectivity index (χ3v) is 3.68. The zero-order valence-electron chi connectivity index (χ0n) is 8.23. The third-order valence-electron chi connectivity index (χ3n) is 2.20. The van der Waals surface area contributed by atoms with Gasteiger partial charge in [-0.25, -0.2) is 0 Å². The molecule has 0 aromatic heterocycles. The molecule has 3 atom stereocenters. The SMILES string of the molecule is CC(O)C(C)SCC1CCOCO1. The number of ether oxygens (including phenoxy) is 2. The molecule has 0 radical (unpaired) electrons. The van der Waals surface area contributed by atoms with Gasteiger partial charge in [-0.2, -0.15) is 11.8 Å². The molecule has 0 aliphatic carbocycles. The summed E-state index contributed by atoms with van der Waals surface area (Å²) in [6.45, 7) is 5.08. The zero-order chi connectivity index (χ0) is 9.68. The molecule has 1 heterocycles. The minimum atomic E-state index is -0.246. The first-order valence-corrected chi connectivity index (χ1v) is 5.74. The van der Waals surface area contributed by atoms with Gasteiger partial charge in [-0.1, -0.05) is 6.92 Å². The molecule has 1 aliphatic heterocycles. The molecule has 3 nitrogen and oxygen atoms in total. The Morgan fingerprint density at radius 1 is 1.54 bits per heavy atom. The number of aliphatic hydroxyl groups is 1. The van der Waals surface area contributed by atoms with Gasteiger partial charge in [-0.3, -0.25) is 0 Å². The van der Waals surface area contributed by atoms with Crippen molar-refractivity contribution in [2.24, 2.45) is 0 Å². The third kappa shape index (κ3) is 4.31. The standard InChI is InChI=1S/C9H18O3S/c1-7(10)8(2)13-5-9-3-4-11-6-12-9/h7-10H,3-6H2,1-2H3. The highest BCUT2D eigenvalue weighted by atomic mass is 32.2. The van der Waals surface area contributed by atoms with Gasteiger partial charge in [0.05, 0.1) is 18.8 Å². The molecule has 1 fully saturated rings. The summed E-state index contributed by atoms with van der Waals surface area (Å²) in [5, 5.41) is 9.55. The maximum absolute atomic E-state index is 9.26. The Morgan fingerprint density at radius 2 is 2.31 bits per heavy atom. The van der Waals surface area contributed by atoms with Gasteiger partial charge in [0.1, 0.15) is 6.79 Å². The summed E-state index contributed by atoms with van der Waals surface area (Å²) in [4.78, 5) is 0. The molecular formula is C9H18O3S. The molecule has 4 heteroatoms. The van der Waals surface area contributed by atoms with Gasteiger partial charge in [0.25, 0.3) is 0 Å². The van der Waals surface area contributed by atoms with Crippen LogP contribution in [-0.2, 0) is 9.47 Å². The van der Waals surface area contributed by atoms with Crippen molar-refractivity contribution in [3.8, 4) is 0 Å². The second kappa shape index (κ2) is 5.86. The zero-order valence-corrected chi connectivity index (χ0v) is 9.05. The van der Waals surface area contributed by atoms with Crippen molar-refractivity contribution in [3.63, 3.8) is 0 Å². The lowest BCUT2D eigenvalue weighted by Crippen LogP contribution is -2.27. The van der Waals surface area contributed by atoms with Crippen LogP contribution in [0, 0.1) is 0 Å². The Morgan fingerprint density at radius 3 is 2.85 bits per heavy atom. The van der Waals surface area contributed by atoms with E-state index in [1.807, 2.05) is 13.8 Å². The fourth-order valence-corrected chi connectivity index (χ4v) is 2.09. The van der Waals surface area contributed by atoms with E-state index in [2.05, 4.69) is 0 Å². The Kier molecular flexibility index (Phi) is 5.09. The van der Waals surface area contributed by atoms with Crippen LogP contribution in [0.25, 0.3) is 0 Å². The number of thioether (sulfide) groups is 1. The molecule has 0 aromatic carbocycles.